The Hall–Kier alpha value is -4.11. The Bertz CT molecular complexity index is 1640. The Labute approximate surface area is 254 Å². The fourth-order valence-corrected chi connectivity index (χ4v) is 4.56. The summed E-state index contributed by atoms with van der Waals surface area (Å²) in [6.45, 7) is 0.565. The number of imide groups is 2. The summed E-state index contributed by atoms with van der Waals surface area (Å²) in [7, 11) is 0. The van der Waals surface area contributed by atoms with Crippen LogP contribution in [0.25, 0.3) is 6.08 Å². The molecule has 0 spiro atoms. The van der Waals surface area contributed by atoms with E-state index < -0.39 is 17.8 Å². The minimum absolute atomic E-state index is 0.218. The minimum Gasteiger partial charge on any atom is -0.489 e. The molecule has 0 aromatic heterocycles. The summed E-state index contributed by atoms with van der Waals surface area (Å²) in [5.41, 5.74) is 2.27. The zero-order chi connectivity index (χ0) is 28.9. The predicted molar refractivity (Wildman–Crippen MR) is 161 cm³/mol. The highest BCUT2D eigenvalue weighted by molar-refractivity contribution is 9.10. The molecule has 1 aliphatic heterocycles. The zero-order valence-electron chi connectivity index (χ0n) is 21.3. The maximum atomic E-state index is 13.4. The van der Waals surface area contributed by atoms with Crippen molar-refractivity contribution in [2.45, 2.75) is 13.2 Å². The van der Waals surface area contributed by atoms with E-state index in [-0.39, 0.29) is 17.9 Å². The monoisotopic (exact) mass is 650 g/mol. The first kappa shape index (κ1) is 28.4. The van der Waals surface area contributed by atoms with Gasteiger partial charge in [-0.3, -0.25) is 14.9 Å². The lowest BCUT2D eigenvalue weighted by Crippen LogP contribution is -2.54. The van der Waals surface area contributed by atoms with Crippen LogP contribution in [0, 0.1) is 0 Å². The van der Waals surface area contributed by atoms with Gasteiger partial charge in [0.15, 0.2) is 0 Å². The summed E-state index contributed by atoms with van der Waals surface area (Å²) in [6.07, 6.45) is 1.36. The largest absolute Gasteiger partial charge is 0.489 e. The van der Waals surface area contributed by atoms with E-state index in [0.29, 0.717) is 33.7 Å². The lowest BCUT2D eigenvalue weighted by atomic mass is 10.1. The molecule has 4 amide bonds. The lowest BCUT2D eigenvalue weighted by Gasteiger charge is -2.26. The average Bonchev–Trinajstić information content (AvgIpc) is 2.96. The first-order valence-corrected chi connectivity index (χ1v) is 13.9. The van der Waals surface area contributed by atoms with Gasteiger partial charge < -0.3 is 9.47 Å². The molecule has 1 saturated heterocycles. The topological polar surface area (TPSA) is 84.9 Å². The van der Waals surface area contributed by atoms with Crippen molar-refractivity contribution in [3.8, 4) is 11.5 Å². The van der Waals surface area contributed by atoms with E-state index in [0.717, 1.165) is 20.5 Å². The van der Waals surface area contributed by atoms with Crippen molar-refractivity contribution in [3.63, 3.8) is 0 Å². The quantitative estimate of drug-likeness (QED) is 0.157. The van der Waals surface area contributed by atoms with Crippen LogP contribution in [0.4, 0.5) is 10.5 Å². The summed E-state index contributed by atoms with van der Waals surface area (Å²) >= 11 is 15.6. The summed E-state index contributed by atoms with van der Waals surface area (Å²) in [5.74, 6) is -0.664. The zero-order valence-corrected chi connectivity index (χ0v) is 24.4. The van der Waals surface area contributed by atoms with Gasteiger partial charge in [0.2, 0.25) is 0 Å². The molecule has 1 aliphatic rings. The van der Waals surface area contributed by atoms with Crippen LogP contribution in [-0.4, -0.2) is 17.8 Å². The van der Waals surface area contributed by atoms with Gasteiger partial charge >= 0.3 is 6.03 Å². The normalized spacial score (nSPS) is 14.3. The van der Waals surface area contributed by atoms with Gasteiger partial charge in [-0.05, 0) is 83.9 Å². The van der Waals surface area contributed by atoms with Crippen molar-refractivity contribution in [3.05, 3.63) is 128 Å². The fraction of sp³-hybridized carbons (Fsp3) is 0.0645. The molecule has 10 heteroatoms. The number of ether oxygens (including phenoxy) is 2. The highest BCUT2D eigenvalue weighted by Crippen LogP contribution is 2.29. The second-order valence-electron chi connectivity index (χ2n) is 8.96. The van der Waals surface area contributed by atoms with E-state index in [4.69, 9.17) is 32.7 Å². The number of benzene rings is 4. The fourth-order valence-electron chi connectivity index (χ4n) is 3.99. The molecule has 7 nitrogen and oxygen atoms in total. The van der Waals surface area contributed by atoms with Crippen LogP contribution < -0.4 is 19.7 Å². The molecule has 1 heterocycles. The molecule has 4 aromatic rings. The van der Waals surface area contributed by atoms with Crippen LogP contribution >= 0.6 is 39.1 Å². The van der Waals surface area contributed by atoms with Gasteiger partial charge in [-0.1, -0.05) is 63.4 Å². The molecule has 206 valence electrons. The molecule has 0 saturated carbocycles. The number of anilines is 1. The molecule has 0 unspecified atom stereocenters. The van der Waals surface area contributed by atoms with Gasteiger partial charge in [-0.2, -0.15) is 0 Å². The molecular formula is C31H21BrCl2N2O5. The number of nitrogens with zero attached hydrogens (tertiary/aromatic N) is 1. The van der Waals surface area contributed by atoms with Gasteiger partial charge in [0, 0.05) is 20.1 Å². The van der Waals surface area contributed by atoms with Crippen molar-refractivity contribution in [1.29, 1.82) is 0 Å². The van der Waals surface area contributed by atoms with Crippen LogP contribution in [0.2, 0.25) is 10.0 Å². The molecule has 1 fully saturated rings. The van der Waals surface area contributed by atoms with Crippen molar-refractivity contribution >= 4 is 68.7 Å². The van der Waals surface area contributed by atoms with Gasteiger partial charge in [-0.25, -0.2) is 9.69 Å². The third-order valence-electron chi connectivity index (χ3n) is 6.09. The average molecular weight is 652 g/mol. The van der Waals surface area contributed by atoms with Crippen molar-refractivity contribution in [1.82, 2.24) is 5.32 Å². The summed E-state index contributed by atoms with van der Waals surface area (Å²) in [6, 6.07) is 25.3. The van der Waals surface area contributed by atoms with Crippen molar-refractivity contribution in [2.75, 3.05) is 4.90 Å². The Balaban J connectivity index is 1.35. The van der Waals surface area contributed by atoms with Gasteiger partial charge in [0.05, 0.1) is 5.69 Å². The van der Waals surface area contributed by atoms with E-state index in [2.05, 4.69) is 21.2 Å². The van der Waals surface area contributed by atoms with Crippen molar-refractivity contribution < 1.29 is 23.9 Å². The number of halogens is 3. The smallest absolute Gasteiger partial charge is 0.335 e. The van der Waals surface area contributed by atoms with E-state index in [1.807, 2.05) is 36.4 Å². The number of rotatable bonds is 8. The van der Waals surface area contributed by atoms with E-state index >= 15 is 0 Å². The molecule has 4 aromatic carbocycles. The maximum Gasteiger partial charge on any atom is 0.335 e. The molecule has 5 rings (SSSR count). The minimum atomic E-state index is -0.856. The Morgan fingerprint density at radius 2 is 1.37 bits per heavy atom. The number of carbonyl (C=O) groups excluding carboxylic acids is 3. The molecule has 0 atom stereocenters. The Morgan fingerprint density at radius 3 is 2.05 bits per heavy atom. The van der Waals surface area contributed by atoms with Crippen molar-refractivity contribution in [2.24, 2.45) is 0 Å². The number of barbiturate groups is 1. The molecular weight excluding hydrogens is 631 g/mol. The molecule has 0 bridgehead atoms. The van der Waals surface area contributed by atoms with Crippen LogP contribution in [0.5, 0.6) is 11.5 Å². The first-order chi connectivity index (χ1) is 19.8. The lowest BCUT2D eigenvalue weighted by molar-refractivity contribution is -0.122. The SMILES string of the molecule is O=C1NC(=O)N(c2ccc(OCc3ccc(Br)cc3)cc2)C(=O)/C1=C/c1cc(Cl)ccc1OCc1ccc(Cl)cc1. The summed E-state index contributed by atoms with van der Waals surface area (Å²) in [4.78, 5) is 39.8. The highest BCUT2D eigenvalue weighted by atomic mass is 79.9. The molecule has 1 N–H and O–H groups in total. The molecule has 0 aliphatic carbocycles. The van der Waals surface area contributed by atoms with E-state index in [9.17, 15) is 14.4 Å². The van der Waals surface area contributed by atoms with Crippen LogP contribution in [-0.2, 0) is 22.8 Å². The van der Waals surface area contributed by atoms with Crippen LogP contribution in [0.15, 0.2) is 101 Å². The summed E-state index contributed by atoms with van der Waals surface area (Å²) in [5, 5.41) is 3.22. The number of hydrogen-bond acceptors (Lipinski definition) is 5. The number of amides is 4. The predicted octanol–water partition coefficient (Wildman–Crippen LogP) is 7.58. The second kappa shape index (κ2) is 12.6. The number of nitrogens with one attached hydrogen (secondary N) is 1. The van der Waals surface area contributed by atoms with Crippen LogP contribution in [0.3, 0.4) is 0 Å². The Kier molecular flexibility index (Phi) is 8.73. The van der Waals surface area contributed by atoms with E-state index in [1.165, 1.54) is 6.08 Å². The molecule has 0 radical (unpaired) electrons. The number of urea groups is 1. The first-order valence-electron chi connectivity index (χ1n) is 12.3. The van der Waals surface area contributed by atoms with Gasteiger partial charge in [-0.15, -0.1) is 0 Å². The van der Waals surface area contributed by atoms with Gasteiger partial charge in [0.1, 0.15) is 30.3 Å². The van der Waals surface area contributed by atoms with Crippen LogP contribution in [0.1, 0.15) is 16.7 Å². The van der Waals surface area contributed by atoms with Gasteiger partial charge in [0.25, 0.3) is 11.8 Å². The third kappa shape index (κ3) is 6.97. The summed E-state index contributed by atoms with van der Waals surface area (Å²) < 4.78 is 12.7. The molecule has 41 heavy (non-hydrogen) atoms. The standard InChI is InChI=1S/C31H21BrCl2N2O5/c32-22-5-1-19(2-6-22)17-40-26-12-10-25(11-13-26)36-30(38)27(29(37)35-31(36)39)16-21-15-24(34)9-14-28(21)41-18-20-3-7-23(33)8-4-20/h1-16H,17-18H2,(H,35,37,39)/b27-16+. The number of hydrogen-bond donors (Lipinski definition) is 1. The second-order valence-corrected chi connectivity index (χ2v) is 10.8. The number of carbonyl (C=O) groups is 3. The third-order valence-corrected chi connectivity index (χ3v) is 7.11. The van der Waals surface area contributed by atoms with E-state index in [1.54, 1.807) is 54.6 Å². The highest BCUT2D eigenvalue weighted by Gasteiger charge is 2.37. The Morgan fingerprint density at radius 1 is 0.756 bits per heavy atom. The maximum absolute atomic E-state index is 13.4.